The summed E-state index contributed by atoms with van der Waals surface area (Å²) in [4.78, 5) is 24.9. The lowest BCUT2D eigenvalue weighted by Crippen LogP contribution is -2.35. The summed E-state index contributed by atoms with van der Waals surface area (Å²) in [6.45, 7) is 2.45. The third-order valence-electron chi connectivity index (χ3n) is 4.94. The van der Waals surface area contributed by atoms with Crippen molar-refractivity contribution in [2.45, 2.75) is 30.7 Å². The van der Waals surface area contributed by atoms with Gasteiger partial charge in [0.25, 0.3) is 11.8 Å². The number of carbonyl (C=O) groups excluding carboxylic acids is 2. The molecule has 0 saturated carbocycles. The van der Waals surface area contributed by atoms with Crippen LogP contribution in [0.25, 0.3) is 0 Å². The first-order valence-electron chi connectivity index (χ1n) is 10.1. The summed E-state index contributed by atoms with van der Waals surface area (Å²) in [7, 11) is -7.14. The molecule has 1 atom stereocenters. The van der Waals surface area contributed by atoms with Crippen LogP contribution in [0.3, 0.4) is 0 Å². The standard InChI is InChI=1S/C21H25N3O6S2/c1-2-12-22-21(26)18-5-3-4-6-19(18)23-20(25)15-7-9-17(10-8-15)32(29,30)24-16-11-13-31(27,28)14-16/h3-10,16,24H,2,11-14H2,1H3,(H,22,26)(H,23,25). The molecule has 0 aromatic heterocycles. The molecule has 1 fully saturated rings. The number of sulfone groups is 1. The minimum atomic E-state index is -3.92. The highest BCUT2D eigenvalue weighted by atomic mass is 32.2. The van der Waals surface area contributed by atoms with Crippen LogP contribution in [-0.4, -0.2) is 52.7 Å². The number of hydrogen-bond acceptors (Lipinski definition) is 6. The number of nitrogens with one attached hydrogen (secondary N) is 3. The Labute approximate surface area is 187 Å². The smallest absolute Gasteiger partial charge is 0.255 e. The number of anilines is 1. The summed E-state index contributed by atoms with van der Waals surface area (Å²) < 4.78 is 50.5. The second kappa shape index (κ2) is 9.80. The van der Waals surface area contributed by atoms with Crippen LogP contribution in [0.1, 0.15) is 40.5 Å². The van der Waals surface area contributed by atoms with Gasteiger partial charge in [-0.1, -0.05) is 19.1 Å². The van der Waals surface area contributed by atoms with E-state index in [-0.39, 0.29) is 34.3 Å². The van der Waals surface area contributed by atoms with Crippen LogP contribution in [0, 0.1) is 0 Å². The molecule has 2 amide bonds. The first-order valence-corrected chi connectivity index (χ1v) is 13.4. The molecule has 1 aliphatic rings. The van der Waals surface area contributed by atoms with Gasteiger partial charge in [0.05, 0.1) is 27.7 Å². The lowest BCUT2D eigenvalue weighted by molar-refractivity contribution is 0.0954. The van der Waals surface area contributed by atoms with E-state index in [2.05, 4.69) is 15.4 Å². The first-order chi connectivity index (χ1) is 15.1. The van der Waals surface area contributed by atoms with Crippen molar-refractivity contribution in [2.24, 2.45) is 0 Å². The van der Waals surface area contributed by atoms with Crippen LogP contribution in [0.5, 0.6) is 0 Å². The van der Waals surface area contributed by atoms with Crippen molar-refractivity contribution in [1.82, 2.24) is 10.0 Å². The summed E-state index contributed by atoms with van der Waals surface area (Å²) in [5.74, 6) is -1.07. The molecule has 1 unspecified atom stereocenters. The van der Waals surface area contributed by atoms with Crippen LogP contribution in [-0.2, 0) is 19.9 Å². The molecule has 0 spiro atoms. The normalized spacial score (nSPS) is 17.6. The number of sulfonamides is 1. The van der Waals surface area contributed by atoms with Crippen molar-refractivity contribution < 1.29 is 26.4 Å². The summed E-state index contributed by atoms with van der Waals surface area (Å²) in [5.41, 5.74) is 0.868. The lowest BCUT2D eigenvalue weighted by atomic mass is 10.1. The Morgan fingerprint density at radius 3 is 2.34 bits per heavy atom. The quantitative estimate of drug-likeness (QED) is 0.525. The summed E-state index contributed by atoms with van der Waals surface area (Å²) >= 11 is 0. The number of hydrogen-bond donors (Lipinski definition) is 3. The van der Waals surface area contributed by atoms with Gasteiger partial charge in [-0.15, -0.1) is 0 Å². The minimum absolute atomic E-state index is 0.0444. The van der Waals surface area contributed by atoms with Crippen LogP contribution < -0.4 is 15.4 Å². The topological polar surface area (TPSA) is 139 Å². The second-order valence-electron chi connectivity index (χ2n) is 7.50. The van der Waals surface area contributed by atoms with E-state index in [1.807, 2.05) is 6.92 Å². The average Bonchev–Trinajstić information content (AvgIpc) is 3.09. The number of rotatable bonds is 8. The highest BCUT2D eigenvalue weighted by molar-refractivity contribution is 7.92. The molecule has 9 nitrogen and oxygen atoms in total. The largest absolute Gasteiger partial charge is 0.352 e. The van der Waals surface area contributed by atoms with Gasteiger partial charge in [-0.25, -0.2) is 21.6 Å². The van der Waals surface area contributed by atoms with E-state index < -0.39 is 31.8 Å². The molecule has 3 rings (SSSR count). The maximum atomic E-state index is 12.6. The van der Waals surface area contributed by atoms with Gasteiger partial charge in [0.15, 0.2) is 9.84 Å². The maximum Gasteiger partial charge on any atom is 0.255 e. The highest BCUT2D eigenvalue weighted by Gasteiger charge is 2.31. The van der Waals surface area contributed by atoms with E-state index in [4.69, 9.17) is 0 Å². The van der Waals surface area contributed by atoms with Gasteiger partial charge in [-0.2, -0.15) is 0 Å². The third kappa shape index (κ3) is 5.93. The van der Waals surface area contributed by atoms with Gasteiger partial charge >= 0.3 is 0 Å². The average molecular weight is 480 g/mol. The van der Waals surface area contributed by atoms with E-state index >= 15 is 0 Å². The molecule has 0 radical (unpaired) electrons. The molecule has 0 bridgehead atoms. The van der Waals surface area contributed by atoms with Gasteiger partial charge in [0, 0.05) is 18.2 Å². The fourth-order valence-corrected chi connectivity index (χ4v) is 6.33. The summed E-state index contributed by atoms with van der Waals surface area (Å²) in [5, 5.41) is 5.44. The van der Waals surface area contributed by atoms with Crippen molar-refractivity contribution in [3.05, 3.63) is 59.7 Å². The third-order valence-corrected chi connectivity index (χ3v) is 8.24. The van der Waals surface area contributed by atoms with E-state index in [1.165, 1.54) is 24.3 Å². The fraction of sp³-hybridized carbons (Fsp3) is 0.333. The van der Waals surface area contributed by atoms with Gasteiger partial charge in [-0.3, -0.25) is 9.59 Å². The maximum absolute atomic E-state index is 12.6. The Morgan fingerprint density at radius 2 is 1.72 bits per heavy atom. The monoisotopic (exact) mass is 479 g/mol. The minimum Gasteiger partial charge on any atom is -0.352 e. The summed E-state index contributed by atoms with van der Waals surface area (Å²) in [6, 6.07) is 11.2. The van der Waals surface area contributed by atoms with Crippen LogP contribution in [0.2, 0.25) is 0 Å². The SMILES string of the molecule is CCCNC(=O)c1ccccc1NC(=O)c1ccc(S(=O)(=O)NC2CCS(=O)(=O)C2)cc1. The van der Waals surface area contributed by atoms with Crippen molar-refractivity contribution >= 4 is 37.4 Å². The van der Waals surface area contributed by atoms with E-state index in [1.54, 1.807) is 24.3 Å². The molecule has 2 aromatic carbocycles. The summed E-state index contributed by atoms with van der Waals surface area (Å²) in [6.07, 6.45) is 1.01. The molecular formula is C21H25N3O6S2. The number of benzene rings is 2. The van der Waals surface area contributed by atoms with Crippen molar-refractivity contribution in [3.63, 3.8) is 0 Å². The van der Waals surface area contributed by atoms with Gasteiger partial charge < -0.3 is 10.6 Å². The van der Waals surface area contributed by atoms with Crippen molar-refractivity contribution in [1.29, 1.82) is 0 Å². The Kier molecular flexibility index (Phi) is 7.32. The van der Waals surface area contributed by atoms with E-state index in [0.29, 0.717) is 17.8 Å². The number of amides is 2. The Morgan fingerprint density at radius 1 is 1.03 bits per heavy atom. The van der Waals surface area contributed by atoms with Crippen LogP contribution >= 0.6 is 0 Å². The van der Waals surface area contributed by atoms with Crippen LogP contribution in [0.4, 0.5) is 5.69 Å². The Bertz CT molecular complexity index is 1210. The predicted molar refractivity (Wildman–Crippen MR) is 121 cm³/mol. The van der Waals surface area contributed by atoms with Crippen molar-refractivity contribution in [3.8, 4) is 0 Å². The zero-order chi connectivity index (χ0) is 23.4. The molecule has 1 heterocycles. The number of carbonyl (C=O) groups is 2. The molecule has 32 heavy (non-hydrogen) atoms. The lowest BCUT2D eigenvalue weighted by Gasteiger charge is -2.13. The predicted octanol–water partition coefficient (Wildman–Crippen LogP) is 1.54. The fourth-order valence-electron chi connectivity index (χ4n) is 3.28. The molecule has 3 N–H and O–H groups in total. The molecular weight excluding hydrogens is 454 g/mol. The van der Waals surface area contributed by atoms with E-state index in [0.717, 1.165) is 6.42 Å². The number of para-hydroxylation sites is 1. The molecule has 1 aliphatic heterocycles. The molecule has 0 aliphatic carbocycles. The highest BCUT2D eigenvalue weighted by Crippen LogP contribution is 2.19. The van der Waals surface area contributed by atoms with Gasteiger partial charge in [0.1, 0.15) is 0 Å². The van der Waals surface area contributed by atoms with Crippen molar-refractivity contribution in [2.75, 3.05) is 23.4 Å². The zero-order valence-electron chi connectivity index (χ0n) is 17.5. The molecule has 11 heteroatoms. The van der Waals surface area contributed by atoms with Gasteiger partial charge in [-0.05, 0) is 49.2 Å². The Hall–Kier alpha value is -2.76. The zero-order valence-corrected chi connectivity index (χ0v) is 19.1. The van der Waals surface area contributed by atoms with Crippen LogP contribution in [0.15, 0.2) is 53.4 Å². The van der Waals surface area contributed by atoms with E-state index in [9.17, 15) is 26.4 Å². The second-order valence-corrected chi connectivity index (χ2v) is 11.4. The molecule has 172 valence electrons. The molecule has 1 saturated heterocycles. The first kappa shape index (κ1) is 23.9. The molecule has 2 aromatic rings. The Balaban J connectivity index is 1.70. The van der Waals surface area contributed by atoms with Gasteiger partial charge in [0.2, 0.25) is 10.0 Å².